The molecule has 0 aliphatic heterocycles. The van der Waals surface area contributed by atoms with E-state index in [1.807, 2.05) is 24.3 Å². The normalized spacial score (nSPS) is 11.1. The number of benzene rings is 1. The third-order valence-corrected chi connectivity index (χ3v) is 4.24. The molecule has 0 unspecified atom stereocenters. The van der Waals surface area contributed by atoms with Crippen LogP contribution in [0.25, 0.3) is 5.78 Å². The SMILES string of the molecule is COc1ccc(F)cc1CSc1nnc2nc(C)cc(C)n12. The Balaban J connectivity index is 1.90. The zero-order chi connectivity index (χ0) is 15.7. The molecule has 0 atom stereocenters. The Hall–Kier alpha value is -2.15. The van der Waals surface area contributed by atoms with Crippen molar-refractivity contribution in [2.24, 2.45) is 0 Å². The monoisotopic (exact) mass is 318 g/mol. The van der Waals surface area contributed by atoms with E-state index in [1.165, 1.54) is 23.9 Å². The first-order valence-electron chi connectivity index (χ1n) is 6.73. The van der Waals surface area contributed by atoms with Gasteiger partial charge in [-0.25, -0.2) is 9.37 Å². The third-order valence-electron chi connectivity index (χ3n) is 3.26. The zero-order valence-electron chi connectivity index (χ0n) is 12.5. The predicted octanol–water partition coefficient (Wildman–Crippen LogP) is 3.18. The molecule has 1 aromatic carbocycles. The van der Waals surface area contributed by atoms with E-state index in [1.54, 1.807) is 13.2 Å². The highest BCUT2D eigenvalue weighted by molar-refractivity contribution is 7.98. The van der Waals surface area contributed by atoms with Crippen molar-refractivity contribution >= 4 is 17.5 Å². The molecule has 0 bridgehead atoms. The molecule has 3 rings (SSSR count). The van der Waals surface area contributed by atoms with Crippen LogP contribution in [0.15, 0.2) is 29.4 Å². The second-order valence-corrected chi connectivity index (χ2v) is 5.84. The van der Waals surface area contributed by atoms with E-state index in [0.717, 1.165) is 22.1 Å². The molecule has 0 fully saturated rings. The molecule has 0 N–H and O–H groups in total. The van der Waals surface area contributed by atoms with Crippen LogP contribution in [-0.2, 0) is 5.75 Å². The fraction of sp³-hybridized carbons (Fsp3) is 0.267. The molecule has 0 aliphatic rings. The fourth-order valence-electron chi connectivity index (χ4n) is 2.30. The molecule has 0 aliphatic carbocycles. The first kappa shape index (κ1) is 14.8. The number of nitrogens with zero attached hydrogens (tertiary/aromatic N) is 4. The zero-order valence-corrected chi connectivity index (χ0v) is 13.3. The molecule has 2 heterocycles. The maximum absolute atomic E-state index is 13.4. The highest BCUT2D eigenvalue weighted by Crippen LogP contribution is 2.28. The van der Waals surface area contributed by atoms with Gasteiger partial charge in [-0.2, -0.15) is 0 Å². The summed E-state index contributed by atoms with van der Waals surface area (Å²) in [6.07, 6.45) is 0. The summed E-state index contributed by atoms with van der Waals surface area (Å²) >= 11 is 1.47. The Kier molecular flexibility index (Phi) is 3.98. The predicted molar refractivity (Wildman–Crippen MR) is 82.8 cm³/mol. The van der Waals surface area contributed by atoms with E-state index in [9.17, 15) is 4.39 Å². The van der Waals surface area contributed by atoms with Gasteiger partial charge in [0.05, 0.1) is 7.11 Å². The van der Waals surface area contributed by atoms with Crippen LogP contribution in [-0.4, -0.2) is 26.7 Å². The van der Waals surface area contributed by atoms with Gasteiger partial charge in [0, 0.05) is 22.7 Å². The second-order valence-electron chi connectivity index (χ2n) is 4.90. The van der Waals surface area contributed by atoms with Crippen molar-refractivity contribution in [1.82, 2.24) is 19.6 Å². The molecule has 0 amide bonds. The second kappa shape index (κ2) is 5.92. The van der Waals surface area contributed by atoms with Gasteiger partial charge in [-0.1, -0.05) is 11.8 Å². The summed E-state index contributed by atoms with van der Waals surface area (Å²) < 4.78 is 20.6. The minimum absolute atomic E-state index is 0.282. The van der Waals surface area contributed by atoms with Crippen molar-refractivity contribution in [1.29, 1.82) is 0 Å². The van der Waals surface area contributed by atoms with Crippen molar-refractivity contribution in [2.75, 3.05) is 7.11 Å². The average Bonchev–Trinajstić information content (AvgIpc) is 2.88. The third kappa shape index (κ3) is 2.76. The molecule has 0 saturated heterocycles. The van der Waals surface area contributed by atoms with Crippen LogP contribution in [0.2, 0.25) is 0 Å². The average molecular weight is 318 g/mol. The Bertz CT molecular complexity index is 834. The Morgan fingerprint density at radius 2 is 2.05 bits per heavy atom. The van der Waals surface area contributed by atoms with Crippen LogP contribution < -0.4 is 4.74 Å². The first-order valence-corrected chi connectivity index (χ1v) is 7.71. The summed E-state index contributed by atoms with van der Waals surface area (Å²) in [6.45, 7) is 3.91. The van der Waals surface area contributed by atoms with Gasteiger partial charge in [-0.15, -0.1) is 10.2 Å². The summed E-state index contributed by atoms with van der Waals surface area (Å²) in [7, 11) is 1.57. The van der Waals surface area contributed by atoms with Crippen molar-refractivity contribution in [3.05, 3.63) is 47.0 Å². The number of rotatable bonds is 4. The van der Waals surface area contributed by atoms with Gasteiger partial charge in [-0.3, -0.25) is 4.40 Å². The minimum Gasteiger partial charge on any atom is -0.496 e. The highest BCUT2D eigenvalue weighted by Gasteiger charge is 2.12. The van der Waals surface area contributed by atoms with Gasteiger partial charge in [0.25, 0.3) is 5.78 Å². The Morgan fingerprint density at radius 3 is 2.82 bits per heavy atom. The lowest BCUT2D eigenvalue weighted by molar-refractivity contribution is 0.410. The number of aromatic nitrogens is 4. The highest BCUT2D eigenvalue weighted by atomic mass is 32.2. The molecule has 5 nitrogen and oxygen atoms in total. The number of thioether (sulfide) groups is 1. The summed E-state index contributed by atoms with van der Waals surface area (Å²) in [4.78, 5) is 4.35. The van der Waals surface area contributed by atoms with Crippen LogP contribution >= 0.6 is 11.8 Å². The number of fused-ring (bicyclic) bond motifs is 1. The topological polar surface area (TPSA) is 52.3 Å². The molecule has 3 aromatic rings. The summed E-state index contributed by atoms with van der Waals surface area (Å²) in [5.41, 5.74) is 2.70. The van der Waals surface area contributed by atoms with Gasteiger partial charge in [-0.05, 0) is 38.1 Å². The molecular weight excluding hydrogens is 303 g/mol. The number of methoxy groups -OCH3 is 1. The first-order chi connectivity index (χ1) is 10.6. The van der Waals surface area contributed by atoms with Crippen molar-refractivity contribution in [3.8, 4) is 5.75 Å². The van der Waals surface area contributed by atoms with E-state index in [4.69, 9.17) is 4.74 Å². The quantitative estimate of drug-likeness (QED) is 0.692. The smallest absolute Gasteiger partial charge is 0.256 e. The van der Waals surface area contributed by atoms with Gasteiger partial charge >= 0.3 is 0 Å². The van der Waals surface area contributed by atoms with Crippen LogP contribution in [0.1, 0.15) is 17.0 Å². The Labute approximate surface area is 131 Å². The van der Waals surface area contributed by atoms with E-state index in [0.29, 0.717) is 17.3 Å². The number of aryl methyl sites for hydroxylation is 2. The molecule has 0 saturated carbocycles. The standard InChI is InChI=1S/C15H15FN4OS/c1-9-6-10(2)20-14(17-9)18-19-15(20)22-8-11-7-12(16)4-5-13(11)21-3/h4-7H,8H2,1-3H3. The maximum atomic E-state index is 13.4. The van der Waals surface area contributed by atoms with E-state index < -0.39 is 0 Å². The molecule has 2 aromatic heterocycles. The summed E-state index contributed by atoms with van der Waals surface area (Å²) in [6, 6.07) is 6.47. The minimum atomic E-state index is -0.282. The lowest BCUT2D eigenvalue weighted by Gasteiger charge is -2.08. The molecule has 0 spiro atoms. The number of hydrogen-bond acceptors (Lipinski definition) is 5. The lowest BCUT2D eigenvalue weighted by atomic mass is 10.2. The van der Waals surface area contributed by atoms with Gasteiger partial charge in [0.2, 0.25) is 0 Å². The summed E-state index contributed by atoms with van der Waals surface area (Å²) in [5, 5.41) is 8.99. The largest absolute Gasteiger partial charge is 0.496 e. The Morgan fingerprint density at radius 1 is 1.23 bits per heavy atom. The lowest BCUT2D eigenvalue weighted by Crippen LogP contribution is -1.98. The molecule has 22 heavy (non-hydrogen) atoms. The van der Waals surface area contributed by atoms with E-state index in [2.05, 4.69) is 15.2 Å². The maximum Gasteiger partial charge on any atom is 0.256 e. The molecule has 0 radical (unpaired) electrons. The number of hydrogen-bond donors (Lipinski definition) is 0. The van der Waals surface area contributed by atoms with Crippen LogP contribution in [0.3, 0.4) is 0 Å². The van der Waals surface area contributed by atoms with E-state index >= 15 is 0 Å². The van der Waals surface area contributed by atoms with Crippen molar-refractivity contribution < 1.29 is 9.13 Å². The van der Waals surface area contributed by atoms with Crippen LogP contribution in [0.5, 0.6) is 5.75 Å². The number of halogens is 1. The van der Waals surface area contributed by atoms with Gasteiger partial charge < -0.3 is 4.74 Å². The van der Waals surface area contributed by atoms with Crippen LogP contribution in [0.4, 0.5) is 4.39 Å². The van der Waals surface area contributed by atoms with E-state index in [-0.39, 0.29) is 5.82 Å². The summed E-state index contributed by atoms with van der Waals surface area (Å²) in [5.74, 6) is 1.49. The van der Waals surface area contributed by atoms with Gasteiger partial charge in [0.1, 0.15) is 11.6 Å². The van der Waals surface area contributed by atoms with Gasteiger partial charge in [0.15, 0.2) is 5.16 Å². The molecule has 7 heteroatoms. The molecule has 114 valence electrons. The van der Waals surface area contributed by atoms with Crippen molar-refractivity contribution in [3.63, 3.8) is 0 Å². The fourth-order valence-corrected chi connectivity index (χ4v) is 3.26. The van der Waals surface area contributed by atoms with Crippen LogP contribution in [0, 0.1) is 19.7 Å². The number of ether oxygens (including phenoxy) is 1. The van der Waals surface area contributed by atoms with Crippen molar-refractivity contribution in [2.45, 2.75) is 24.8 Å². The molecular formula is C15H15FN4OS.